The average molecular weight is 533 g/mol. The summed E-state index contributed by atoms with van der Waals surface area (Å²) in [6.45, 7) is -0.234. The molecule has 0 bridgehead atoms. The molecule has 6 rings (SSSR count). The van der Waals surface area contributed by atoms with Gasteiger partial charge in [-0.3, -0.25) is 9.13 Å². The number of nitrogen functional groups attached to an aromatic ring is 2. The fourth-order valence-corrected chi connectivity index (χ4v) is 7.97. The van der Waals surface area contributed by atoms with Crippen LogP contribution in [0.5, 0.6) is 0 Å². The van der Waals surface area contributed by atoms with Crippen molar-refractivity contribution in [3.63, 3.8) is 0 Å². The van der Waals surface area contributed by atoms with E-state index in [0.29, 0.717) is 46.8 Å². The molecular weight excluding hydrogens is 508 g/mol. The lowest BCUT2D eigenvalue weighted by Crippen LogP contribution is -2.24. The second-order valence-electron chi connectivity index (χ2n) is 8.53. The molecule has 0 saturated carbocycles. The fourth-order valence-electron chi connectivity index (χ4n) is 4.58. The SMILES string of the molecule is Nc1ncnc2c1ncn2[C@@H]1C[C@H](SS[C@H]2C[C@@H](n3cnc4c(N)ncnc43)O[C@@H]2CO)[C@@H](CO)O1. The molecule has 0 unspecified atom stereocenters. The first-order chi connectivity index (χ1) is 17.6. The Morgan fingerprint density at radius 1 is 0.750 bits per heavy atom. The third-order valence-electron chi connectivity index (χ3n) is 6.42. The zero-order chi connectivity index (χ0) is 24.8. The van der Waals surface area contributed by atoms with Crippen molar-refractivity contribution < 1.29 is 19.7 Å². The summed E-state index contributed by atoms with van der Waals surface area (Å²) >= 11 is 0. The van der Waals surface area contributed by atoms with Gasteiger partial charge >= 0.3 is 0 Å². The molecule has 14 nitrogen and oxygen atoms in total. The molecule has 0 aromatic carbocycles. The molecule has 2 saturated heterocycles. The number of nitrogens with zero attached hydrogens (tertiary/aromatic N) is 8. The van der Waals surface area contributed by atoms with E-state index in [2.05, 4.69) is 29.9 Å². The highest BCUT2D eigenvalue weighted by molar-refractivity contribution is 8.77. The van der Waals surface area contributed by atoms with Crippen molar-refractivity contribution >= 4 is 55.6 Å². The number of nitrogens with two attached hydrogens (primary N) is 2. The molecule has 16 heteroatoms. The number of fused-ring (bicyclic) bond motifs is 2. The van der Waals surface area contributed by atoms with E-state index in [1.54, 1.807) is 34.2 Å². The Morgan fingerprint density at radius 3 is 1.61 bits per heavy atom. The topological polar surface area (TPSA) is 198 Å². The Kier molecular flexibility index (Phi) is 6.30. The summed E-state index contributed by atoms with van der Waals surface area (Å²) in [6, 6.07) is 0. The highest BCUT2D eigenvalue weighted by Crippen LogP contribution is 2.48. The van der Waals surface area contributed by atoms with E-state index in [0.717, 1.165) is 0 Å². The maximum Gasteiger partial charge on any atom is 0.167 e. The second-order valence-corrected chi connectivity index (χ2v) is 11.3. The van der Waals surface area contributed by atoms with Crippen LogP contribution in [0.1, 0.15) is 25.3 Å². The first-order valence-electron chi connectivity index (χ1n) is 11.3. The number of ether oxygens (including phenoxy) is 2. The number of rotatable bonds is 7. The van der Waals surface area contributed by atoms with Crippen molar-refractivity contribution in [2.24, 2.45) is 0 Å². The van der Waals surface area contributed by atoms with Crippen molar-refractivity contribution in [3.8, 4) is 0 Å². The molecule has 0 radical (unpaired) electrons. The molecule has 0 amide bonds. The number of aromatic nitrogens is 8. The molecule has 2 aliphatic rings. The molecule has 36 heavy (non-hydrogen) atoms. The van der Waals surface area contributed by atoms with Crippen LogP contribution in [0.25, 0.3) is 22.3 Å². The van der Waals surface area contributed by atoms with Crippen molar-refractivity contribution in [3.05, 3.63) is 25.3 Å². The summed E-state index contributed by atoms with van der Waals surface area (Å²) in [5.74, 6) is 0.616. The van der Waals surface area contributed by atoms with Crippen LogP contribution in [0, 0.1) is 0 Å². The van der Waals surface area contributed by atoms with Crippen LogP contribution >= 0.6 is 21.6 Å². The van der Waals surface area contributed by atoms with E-state index in [4.69, 9.17) is 20.9 Å². The van der Waals surface area contributed by atoms with E-state index in [-0.39, 0.29) is 48.4 Å². The number of aliphatic hydroxyl groups is 2. The lowest BCUT2D eigenvalue weighted by atomic mass is 10.2. The molecular formula is C20H24N10O4S2. The Bertz CT molecular complexity index is 1280. The highest BCUT2D eigenvalue weighted by Gasteiger charge is 2.41. The van der Waals surface area contributed by atoms with Crippen LogP contribution in [0.3, 0.4) is 0 Å². The largest absolute Gasteiger partial charge is 0.394 e. The number of imidazole rings is 2. The predicted octanol–water partition coefficient (Wildman–Crippen LogP) is 0.509. The van der Waals surface area contributed by atoms with Gasteiger partial charge in [-0.25, -0.2) is 29.9 Å². The van der Waals surface area contributed by atoms with E-state index in [1.165, 1.54) is 12.7 Å². The minimum atomic E-state index is -0.368. The van der Waals surface area contributed by atoms with Gasteiger partial charge in [0.2, 0.25) is 0 Å². The van der Waals surface area contributed by atoms with Crippen molar-refractivity contribution in [1.29, 1.82) is 0 Å². The normalized spacial score (nSPS) is 28.5. The molecule has 2 fully saturated rings. The Balaban J connectivity index is 1.15. The van der Waals surface area contributed by atoms with Gasteiger partial charge in [0.15, 0.2) is 22.9 Å². The first-order valence-corrected chi connectivity index (χ1v) is 13.6. The van der Waals surface area contributed by atoms with Gasteiger partial charge in [-0.05, 0) is 0 Å². The van der Waals surface area contributed by atoms with Gasteiger partial charge in [-0.1, -0.05) is 21.6 Å². The summed E-state index contributed by atoms with van der Waals surface area (Å²) in [6.07, 6.45) is 5.92. The van der Waals surface area contributed by atoms with Crippen molar-refractivity contribution in [1.82, 2.24) is 39.0 Å². The molecule has 190 valence electrons. The van der Waals surface area contributed by atoms with Gasteiger partial charge in [-0.2, -0.15) is 0 Å². The van der Waals surface area contributed by atoms with Crippen LogP contribution in [0.4, 0.5) is 11.6 Å². The summed E-state index contributed by atoms with van der Waals surface area (Å²) in [5.41, 5.74) is 14.0. The Morgan fingerprint density at radius 2 is 1.19 bits per heavy atom. The molecule has 6 N–H and O–H groups in total. The molecule has 4 aromatic heterocycles. The lowest BCUT2D eigenvalue weighted by Gasteiger charge is -2.19. The van der Waals surface area contributed by atoms with Crippen LogP contribution < -0.4 is 11.5 Å². The zero-order valence-corrected chi connectivity index (χ0v) is 20.5. The quantitative estimate of drug-likeness (QED) is 0.240. The maximum atomic E-state index is 9.97. The van der Waals surface area contributed by atoms with Crippen molar-refractivity contribution in [2.45, 2.75) is 48.0 Å². The fraction of sp³-hybridized carbons (Fsp3) is 0.500. The average Bonchev–Trinajstić information content (AvgIpc) is 3.66. The number of hydrogen-bond donors (Lipinski definition) is 4. The summed E-state index contributed by atoms with van der Waals surface area (Å²) in [5, 5.41) is 20.0. The highest BCUT2D eigenvalue weighted by atomic mass is 33.1. The predicted molar refractivity (Wildman–Crippen MR) is 133 cm³/mol. The molecule has 2 aliphatic heterocycles. The van der Waals surface area contributed by atoms with Gasteiger partial charge in [0, 0.05) is 23.3 Å². The first kappa shape index (κ1) is 23.6. The minimum Gasteiger partial charge on any atom is -0.394 e. The number of aliphatic hydroxyl groups excluding tert-OH is 2. The third kappa shape index (κ3) is 4.03. The van der Waals surface area contributed by atoms with E-state index >= 15 is 0 Å². The number of anilines is 2. The Hall–Kier alpha value is -2.76. The van der Waals surface area contributed by atoms with E-state index in [9.17, 15) is 10.2 Å². The lowest BCUT2D eigenvalue weighted by molar-refractivity contribution is -0.0199. The van der Waals surface area contributed by atoms with Crippen LogP contribution in [0.2, 0.25) is 0 Å². The van der Waals surface area contributed by atoms with E-state index < -0.39 is 0 Å². The second kappa shape index (κ2) is 9.60. The Labute approximate surface area is 212 Å². The van der Waals surface area contributed by atoms with Crippen LogP contribution in [0.15, 0.2) is 25.3 Å². The monoisotopic (exact) mass is 532 g/mol. The molecule has 0 spiro atoms. The van der Waals surface area contributed by atoms with Gasteiger partial charge < -0.3 is 31.2 Å². The standard InChI is InChI=1S/C20H24N10O4S2/c21-17-15-19(25-5-23-17)29(7-27-15)13-1-11(9(3-31)33-13)35-36-12-2-14(34-10(12)4-32)30-8-28-16-18(22)24-6-26-20(16)30/h5-14,31-32H,1-4H2,(H2,21,23,25)(H2,22,24,26)/t9-,10-,11+,12+,13+,14+/m1/s1. The van der Waals surface area contributed by atoms with Gasteiger partial charge in [-0.15, -0.1) is 0 Å². The van der Waals surface area contributed by atoms with E-state index in [1.807, 2.05) is 9.13 Å². The third-order valence-corrected chi connectivity index (χ3v) is 9.83. The van der Waals surface area contributed by atoms with Gasteiger partial charge in [0.05, 0.1) is 38.1 Å². The van der Waals surface area contributed by atoms with Gasteiger partial charge in [0.1, 0.15) is 36.1 Å². The maximum absolute atomic E-state index is 9.97. The summed E-state index contributed by atoms with van der Waals surface area (Å²) in [7, 11) is 3.25. The molecule has 6 atom stereocenters. The smallest absolute Gasteiger partial charge is 0.167 e. The van der Waals surface area contributed by atoms with Gasteiger partial charge in [0.25, 0.3) is 0 Å². The summed E-state index contributed by atoms with van der Waals surface area (Å²) in [4.78, 5) is 25.2. The molecule has 6 heterocycles. The molecule has 0 aliphatic carbocycles. The van der Waals surface area contributed by atoms with Crippen molar-refractivity contribution in [2.75, 3.05) is 24.7 Å². The minimum absolute atomic E-state index is 0.00152. The number of hydrogen-bond acceptors (Lipinski definition) is 14. The van der Waals surface area contributed by atoms with Crippen LogP contribution in [-0.4, -0.2) is 85.2 Å². The summed E-state index contributed by atoms with van der Waals surface area (Å²) < 4.78 is 15.9. The van der Waals surface area contributed by atoms with Crippen LogP contribution in [-0.2, 0) is 9.47 Å². The zero-order valence-electron chi connectivity index (χ0n) is 18.9. The molecule has 4 aromatic rings.